The fraction of sp³-hybridized carbons (Fsp3) is 0.750. The molecule has 0 spiro atoms. The fourth-order valence-corrected chi connectivity index (χ4v) is 21.7. The lowest BCUT2D eigenvalue weighted by molar-refractivity contribution is 0.586. The Morgan fingerprint density at radius 1 is 0.224 bits per heavy atom. The second-order valence-corrected chi connectivity index (χ2v) is 32.9. The van der Waals surface area contributed by atoms with Crippen LogP contribution in [0.15, 0.2) is 69.3 Å². The van der Waals surface area contributed by atoms with E-state index in [2.05, 4.69) is 130 Å². The van der Waals surface area contributed by atoms with Gasteiger partial charge in [-0.1, -0.05) is 343 Å². The van der Waals surface area contributed by atoms with E-state index >= 15 is 0 Å². The number of rotatable bonds is 54. The minimum absolute atomic E-state index is 0.567. The Labute approximate surface area is 488 Å². The summed E-state index contributed by atoms with van der Waals surface area (Å²) >= 11 is 6.82. The zero-order chi connectivity index (χ0) is 54.2. The largest absolute Gasteiger partial charge is 0.0877 e. The highest BCUT2D eigenvalue weighted by Crippen LogP contribution is 2.76. The zero-order valence-corrected chi connectivity index (χ0v) is 54.7. The third-order valence-electron chi connectivity index (χ3n) is 16.2. The van der Waals surface area contributed by atoms with Crippen LogP contribution in [0.5, 0.6) is 0 Å². The van der Waals surface area contributed by atoms with Gasteiger partial charge in [0.1, 0.15) is 0 Å². The molecule has 76 heavy (non-hydrogen) atoms. The average molecular weight is 1120 g/mol. The smallest absolute Gasteiger partial charge is 0.0751 e. The Hall–Kier alpha value is -0.860. The number of hydrogen-bond donors (Lipinski definition) is 0. The number of benzene rings is 3. The van der Waals surface area contributed by atoms with Gasteiger partial charge in [0.2, 0.25) is 0 Å². The summed E-state index contributed by atoms with van der Waals surface area (Å²) < 4.78 is 0. The van der Waals surface area contributed by atoms with E-state index in [4.69, 9.17) is 0 Å². The van der Waals surface area contributed by atoms with E-state index in [1.165, 1.54) is 308 Å². The van der Waals surface area contributed by atoms with Crippen LogP contribution in [0.1, 0.15) is 345 Å². The summed E-state index contributed by atoms with van der Waals surface area (Å²) in [5.41, 5.74) is 9.13. The van der Waals surface area contributed by atoms with Crippen molar-refractivity contribution in [3.8, 4) is 0 Å². The molecule has 0 atom stereocenters. The maximum atomic E-state index is 2.69. The van der Waals surface area contributed by atoms with Crippen molar-refractivity contribution in [2.45, 2.75) is 364 Å². The summed E-state index contributed by atoms with van der Waals surface area (Å²) in [5, 5.41) is 0. The molecule has 0 nitrogen and oxygen atoms in total. The number of hydrogen-bond acceptors (Lipinski definition) is 3. The topological polar surface area (TPSA) is 0 Å². The van der Waals surface area contributed by atoms with E-state index < -0.39 is 5.53 Å². The standard InChI is InChI=1S/C72H123PS3/c1-7-13-19-25-31-37-43-49-64-55-58-70(67(61-64)52-46-40-34-28-22-16-10-4)74-73(75-71-59-56-65(50-44-38-32-26-20-14-8-2)62-68(71)53-47-41-35-29-23-17-11-5)76-72-60-57-66(51-45-39-33-27-21-15-9-3)63-69(72)54-48-42-36-30-24-18-12-6/h55-63H,7-54H2,1-6H3. The Balaban J connectivity index is 2.01. The van der Waals surface area contributed by atoms with Crippen LogP contribution < -0.4 is 0 Å². The predicted octanol–water partition coefficient (Wildman–Crippen LogP) is 27.3. The first-order chi connectivity index (χ1) is 37.5. The molecule has 3 aromatic carbocycles. The highest BCUT2D eigenvalue weighted by molar-refractivity contribution is 9.12. The van der Waals surface area contributed by atoms with Crippen molar-refractivity contribution in [3.05, 3.63) is 88.0 Å². The Kier molecular flexibility index (Phi) is 45.6. The van der Waals surface area contributed by atoms with E-state index in [1.54, 1.807) is 48.1 Å². The van der Waals surface area contributed by atoms with E-state index in [9.17, 15) is 0 Å². The molecule has 0 heterocycles. The molecule has 0 radical (unpaired) electrons. The Morgan fingerprint density at radius 2 is 0.408 bits per heavy atom. The molecule has 0 fully saturated rings. The third kappa shape index (κ3) is 35.1. The third-order valence-corrected chi connectivity index (χ3v) is 25.6. The van der Waals surface area contributed by atoms with Gasteiger partial charge in [-0.2, -0.15) is 0 Å². The van der Waals surface area contributed by atoms with Gasteiger partial charge < -0.3 is 0 Å². The van der Waals surface area contributed by atoms with Gasteiger partial charge in [-0.15, -0.1) is 0 Å². The summed E-state index contributed by atoms with van der Waals surface area (Å²) in [6, 6.07) is 23.5. The molecule has 0 aliphatic carbocycles. The highest BCUT2D eigenvalue weighted by Gasteiger charge is 2.21. The van der Waals surface area contributed by atoms with Crippen LogP contribution in [0.3, 0.4) is 0 Å². The summed E-state index contributed by atoms with van der Waals surface area (Å²) in [4.78, 5) is 4.73. The quantitative estimate of drug-likeness (QED) is 0.0408. The van der Waals surface area contributed by atoms with Crippen LogP contribution in [0.2, 0.25) is 0 Å². The second-order valence-electron chi connectivity index (χ2n) is 23.6. The minimum Gasteiger partial charge on any atom is -0.0751 e. The summed E-state index contributed by atoms with van der Waals surface area (Å²) in [7, 11) is 0. The molecule has 0 saturated heterocycles. The van der Waals surface area contributed by atoms with Crippen molar-refractivity contribution >= 4 is 39.7 Å². The number of aryl methyl sites for hydroxylation is 6. The molecular weight excluding hydrogens is 992 g/mol. The van der Waals surface area contributed by atoms with Crippen molar-refractivity contribution in [2.75, 3.05) is 0 Å². The van der Waals surface area contributed by atoms with E-state index in [0.717, 1.165) is 0 Å². The molecule has 0 aliphatic heterocycles. The molecule has 0 saturated carbocycles. The average Bonchev–Trinajstić information content (AvgIpc) is 3.43. The molecule has 0 bridgehead atoms. The molecular formula is C72H123PS3. The van der Waals surface area contributed by atoms with Crippen molar-refractivity contribution in [1.29, 1.82) is 0 Å². The molecule has 0 N–H and O–H groups in total. The van der Waals surface area contributed by atoms with Gasteiger partial charge in [0.05, 0.1) is 5.53 Å². The van der Waals surface area contributed by atoms with E-state index in [0.29, 0.717) is 0 Å². The molecule has 4 heteroatoms. The van der Waals surface area contributed by atoms with E-state index in [1.807, 2.05) is 0 Å². The lowest BCUT2D eigenvalue weighted by Crippen LogP contribution is -1.95. The fourth-order valence-electron chi connectivity index (χ4n) is 11.2. The molecule has 0 aliphatic rings. The van der Waals surface area contributed by atoms with Gasteiger partial charge in [-0.05, 0) is 129 Å². The highest BCUT2D eigenvalue weighted by atomic mass is 33.4. The summed E-state index contributed by atoms with van der Waals surface area (Å²) in [5.74, 6) is 0. The van der Waals surface area contributed by atoms with Crippen molar-refractivity contribution in [1.82, 2.24) is 0 Å². The number of unbranched alkanes of at least 4 members (excludes halogenated alkanes) is 36. The van der Waals surface area contributed by atoms with Gasteiger partial charge in [0.15, 0.2) is 0 Å². The van der Waals surface area contributed by atoms with Gasteiger partial charge in [0.25, 0.3) is 0 Å². The molecule has 3 rings (SSSR count). The van der Waals surface area contributed by atoms with E-state index in [-0.39, 0.29) is 0 Å². The predicted molar refractivity (Wildman–Crippen MR) is 354 cm³/mol. The zero-order valence-electron chi connectivity index (χ0n) is 51.3. The van der Waals surface area contributed by atoms with Crippen molar-refractivity contribution in [3.63, 3.8) is 0 Å². The molecule has 0 amide bonds. The first-order valence-electron chi connectivity index (χ1n) is 33.7. The SMILES string of the molecule is CCCCCCCCCc1ccc(SP(Sc2ccc(CCCCCCCCC)cc2CCCCCCCCC)Sc2ccc(CCCCCCCCC)cc2CCCCCCCCC)c(CCCCCCCCC)c1. The van der Waals surface area contributed by atoms with Gasteiger partial charge in [-0.25, -0.2) is 0 Å². The van der Waals surface area contributed by atoms with Crippen LogP contribution in [0.25, 0.3) is 0 Å². The van der Waals surface area contributed by atoms with Crippen LogP contribution in [0, 0.1) is 0 Å². The van der Waals surface area contributed by atoms with Crippen molar-refractivity contribution in [2.24, 2.45) is 0 Å². The van der Waals surface area contributed by atoms with Gasteiger partial charge in [-0.3, -0.25) is 0 Å². The second kappa shape index (κ2) is 49.9. The van der Waals surface area contributed by atoms with Crippen LogP contribution in [-0.2, 0) is 38.5 Å². The molecule has 0 aromatic heterocycles. The molecule has 434 valence electrons. The molecule has 0 unspecified atom stereocenters. The first-order valence-corrected chi connectivity index (χ1v) is 39.3. The van der Waals surface area contributed by atoms with Gasteiger partial charge >= 0.3 is 0 Å². The lowest BCUT2D eigenvalue weighted by Gasteiger charge is -2.22. The monoisotopic (exact) mass is 1110 g/mol. The van der Waals surface area contributed by atoms with Crippen LogP contribution in [0.4, 0.5) is 0 Å². The van der Waals surface area contributed by atoms with Crippen LogP contribution >= 0.6 is 39.7 Å². The minimum atomic E-state index is -0.567. The normalized spacial score (nSPS) is 11.7. The Morgan fingerprint density at radius 3 is 0.618 bits per heavy atom. The maximum absolute atomic E-state index is 2.69. The van der Waals surface area contributed by atoms with Crippen molar-refractivity contribution < 1.29 is 0 Å². The molecule has 3 aromatic rings. The first kappa shape index (κ1) is 69.4. The lowest BCUT2D eigenvalue weighted by atomic mass is 9.99. The Bertz CT molecular complexity index is 1570. The summed E-state index contributed by atoms with van der Waals surface area (Å²) in [6.45, 7) is 14.0. The van der Waals surface area contributed by atoms with Crippen LogP contribution in [-0.4, -0.2) is 0 Å². The maximum Gasteiger partial charge on any atom is 0.0877 e. The summed E-state index contributed by atoms with van der Waals surface area (Å²) in [6.07, 6.45) is 65.3. The van der Waals surface area contributed by atoms with Gasteiger partial charge in [0, 0.05) is 14.7 Å².